The molecule has 0 aromatic heterocycles. The van der Waals surface area contributed by atoms with Crippen LogP contribution in [0.25, 0.3) is 0 Å². The third-order valence-electron chi connectivity index (χ3n) is 4.49. The van der Waals surface area contributed by atoms with Gasteiger partial charge in [0, 0.05) is 31.5 Å². The Morgan fingerprint density at radius 1 is 1.08 bits per heavy atom. The van der Waals surface area contributed by atoms with Crippen LogP contribution in [-0.2, 0) is 22.4 Å². The predicted octanol–water partition coefficient (Wildman–Crippen LogP) is 2.51. The van der Waals surface area contributed by atoms with E-state index in [-0.39, 0.29) is 43.0 Å². The number of Topliss-reactive ketones (excluding diaryl/α,β-unsaturated/α-hetero) is 1. The molecule has 0 heterocycles. The average Bonchev–Trinajstić information content (AvgIpc) is 2.58. The van der Waals surface area contributed by atoms with Gasteiger partial charge in [0.25, 0.3) is 0 Å². The highest BCUT2D eigenvalue weighted by Gasteiger charge is 2.17. The summed E-state index contributed by atoms with van der Waals surface area (Å²) in [5.74, 6) is -0.390. The molecule has 0 unspecified atom stereocenters. The Morgan fingerprint density at radius 3 is 2.44 bits per heavy atom. The van der Waals surface area contributed by atoms with Gasteiger partial charge in [0.05, 0.1) is 6.54 Å². The van der Waals surface area contributed by atoms with Crippen molar-refractivity contribution >= 4 is 17.6 Å². The second-order valence-corrected chi connectivity index (χ2v) is 7.09. The Bertz CT molecular complexity index is 652. The molecule has 0 atom stereocenters. The summed E-state index contributed by atoms with van der Waals surface area (Å²) in [5, 5.41) is 2.75. The van der Waals surface area contributed by atoms with Crippen molar-refractivity contribution in [1.29, 1.82) is 0 Å². The summed E-state index contributed by atoms with van der Waals surface area (Å²) < 4.78 is 0. The highest BCUT2D eigenvalue weighted by molar-refractivity contribution is 5.98. The first kappa shape index (κ1) is 19.2. The van der Waals surface area contributed by atoms with Crippen LogP contribution in [0.2, 0.25) is 0 Å². The van der Waals surface area contributed by atoms with Crippen LogP contribution >= 0.6 is 0 Å². The lowest BCUT2D eigenvalue weighted by molar-refractivity contribution is -0.134. The Labute approximate surface area is 149 Å². The van der Waals surface area contributed by atoms with E-state index in [4.69, 9.17) is 0 Å². The van der Waals surface area contributed by atoms with Crippen molar-refractivity contribution in [2.75, 3.05) is 13.6 Å². The van der Waals surface area contributed by atoms with Crippen LogP contribution in [0.1, 0.15) is 61.0 Å². The van der Waals surface area contributed by atoms with Crippen LogP contribution in [0.15, 0.2) is 18.2 Å². The van der Waals surface area contributed by atoms with Gasteiger partial charge in [-0.05, 0) is 56.7 Å². The number of fused-ring (bicyclic) bond motifs is 1. The van der Waals surface area contributed by atoms with Crippen LogP contribution in [0.3, 0.4) is 0 Å². The van der Waals surface area contributed by atoms with Crippen LogP contribution in [0.4, 0.5) is 0 Å². The van der Waals surface area contributed by atoms with E-state index in [0.29, 0.717) is 5.56 Å². The van der Waals surface area contributed by atoms with Gasteiger partial charge in [-0.1, -0.05) is 12.1 Å². The molecule has 5 heteroatoms. The third kappa shape index (κ3) is 5.69. The van der Waals surface area contributed by atoms with E-state index in [1.807, 2.05) is 32.0 Å². The van der Waals surface area contributed by atoms with E-state index < -0.39 is 0 Å². The highest BCUT2D eigenvalue weighted by Crippen LogP contribution is 2.23. The fourth-order valence-corrected chi connectivity index (χ4v) is 3.13. The molecule has 1 aliphatic carbocycles. The maximum Gasteiger partial charge on any atom is 0.239 e. The van der Waals surface area contributed by atoms with Crippen molar-refractivity contribution < 1.29 is 14.4 Å². The molecule has 0 fully saturated rings. The van der Waals surface area contributed by atoms with Crippen LogP contribution in [0.5, 0.6) is 0 Å². The van der Waals surface area contributed by atoms with Gasteiger partial charge in [0.2, 0.25) is 11.8 Å². The molecule has 25 heavy (non-hydrogen) atoms. The molecule has 0 radical (unpaired) electrons. The first-order valence-corrected chi connectivity index (χ1v) is 9.05. The van der Waals surface area contributed by atoms with Gasteiger partial charge in [-0.25, -0.2) is 0 Å². The molecular weight excluding hydrogens is 316 g/mol. The quantitative estimate of drug-likeness (QED) is 0.773. The minimum Gasteiger partial charge on any atom is -0.352 e. The number of hydrogen-bond donors (Lipinski definition) is 1. The van der Waals surface area contributed by atoms with Crippen molar-refractivity contribution in [3.8, 4) is 0 Å². The smallest absolute Gasteiger partial charge is 0.239 e. The summed E-state index contributed by atoms with van der Waals surface area (Å²) in [6, 6.07) is 5.95. The summed E-state index contributed by atoms with van der Waals surface area (Å²) in [6.07, 6.45) is 4.81. The molecule has 1 aromatic carbocycles. The lowest BCUT2D eigenvalue weighted by Crippen LogP contribution is -2.40. The number of carbonyl (C=O) groups is 3. The zero-order chi connectivity index (χ0) is 18.4. The summed E-state index contributed by atoms with van der Waals surface area (Å²) in [5.41, 5.74) is 3.30. The number of nitrogens with zero attached hydrogens (tertiary/aromatic N) is 1. The second kappa shape index (κ2) is 8.79. The van der Waals surface area contributed by atoms with Gasteiger partial charge in [0.1, 0.15) is 0 Å². The molecular formula is C20H28N2O3. The van der Waals surface area contributed by atoms with Crippen molar-refractivity contribution in [1.82, 2.24) is 10.2 Å². The molecule has 0 aliphatic heterocycles. The monoisotopic (exact) mass is 344 g/mol. The molecule has 0 bridgehead atoms. The predicted molar refractivity (Wildman–Crippen MR) is 97.6 cm³/mol. The van der Waals surface area contributed by atoms with Crippen molar-refractivity contribution in [2.45, 2.75) is 58.4 Å². The van der Waals surface area contributed by atoms with E-state index >= 15 is 0 Å². The molecule has 0 saturated heterocycles. The van der Waals surface area contributed by atoms with Crippen LogP contribution < -0.4 is 5.32 Å². The molecule has 2 amide bonds. The molecule has 1 aliphatic rings. The molecule has 2 rings (SSSR count). The maximum absolute atomic E-state index is 12.4. The third-order valence-corrected chi connectivity index (χ3v) is 4.49. The largest absolute Gasteiger partial charge is 0.352 e. The molecule has 1 N–H and O–H groups in total. The lowest BCUT2D eigenvalue weighted by Gasteiger charge is -2.18. The van der Waals surface area contributed by atoms with Gasteiger partial charge in [-0.15, -0.1) is 0 Å². The SMILES string of the molecule is CC(C)NC(=O)CN(C)C(=O)CCC(=O)c1ccc2c(c1)CCCC2. The summed E-state index contributed by atoms with van der Waals surface area (Å²) in [4.78, 5) is 37.6. The second-order valence-electron chi connectivity index (χ2n) is 7.09. The van der Waals surface area contributed by atoms with E-state index in [1.54, 1.807) is 7.05 Å². The first-order chi connectivity index (χ1) is 11.9. The van der Waals surface area contributed by atoms with Crippen molar-refractivity contribution in [2.24, 2.45) is 0 Å². The Balaban J connectivity index is 1.84. The van der Waals surface area contributed by atoms with Gasteiger partial charge in [-0.2, -0.15) is 0 Å². The number of rotatable bonds is 7. The molecule has 5 nitrogen and oxygen atoms in total. The van der Waals surface area contributed by atoms with Crippen LogP contribution in [-0.4, -0.2) is 42.1 Å². The summed E-state index contributed by atoms with van der Waals surface area (Å²) >= 11 is 0. The van der Waals surface area contributed by atoms with E-state index in [0.717, 1.165) is 12.8 Å². The zero-order valence-corrected chi connectivity index (χ0v) is 15.4. The Morgan fingerprint density at radius 2 is 1.76 bits per heavy atom. The maximum atomic E-state index is 12.4. The number of nitrogens with one attached hydrogen (secondary N) is 1. The van der Waals surface area contributed by atoms with Crippen molar-refractivity contribution in [3.63, 3.8) is 0 Å². The number of carbonyl (C=O) groups excluding carboxylic acids is 3. The minimum atomic E-state index is -0.190. The van der Waals surface area contributed by atoms with E-state index in [9.17, 15) is 14.4 Å². The summed E-state index contributed by atoms with van der Waals surface area (Å²) in [6.45, 7) is 3.76. The first-order valence-electron chi connectivity index (χ1n) is 9.05. The standard InChI is InChI=1S/C20H28N2O3/c1-14(2)21-19(24)13-22(3)20(25)11-10-18(23)17-9-8-15-6-4-5-7-16(15)12-17/h8-9,12,14H,4-7,10-11,13H2,1-3H3,(H,21,24). The van der Waals surface area contributed by atoms with Gasteiger partial charge in [-0.3, -0.25) is 14.4 Å². The number of hydrogen-bond acceptors (Lipinski definition) is 3. The fourth-order valence-electron chi connectivity index (χ4n) is 3.13. The molecule has 0 spiro atoms. The molecule has 1 aromatic rings. The minimum absolute atomic E-state index is 0.0123. The fraction of sp³-hybridized carbons (Fsp3) is 0.550. The Hall–Kier alpha value is -2.17. The Kier molecular flexibility index (Phi) is 6.73. The summed E-state index contributed by atoms with van der Waals surface area (Å²) in [7, 11) is 1.59. The average molecular weight is 344 g/mol. The molecule has 136 valence electrons. The van der Waals surface area contributed by atoms with E-state index in [2.05, 4.69) is 5.32 Å². The zero-order valence-electron chi connectivity index (χ0n) is 15.4. The van der Waals surface area contributed by atoms with Gasteiger partial charge >= 0.3 is 0 Å². The van der Waals surface area contributed by atoms with Gasteiger partial charge < -0.3 is 10.2 Å². The van der Waals surface area contributed by atoms with Crippen LogP contribution in [0, 0.1) is 0 Å². The topological polar surface area (TPSA) is 66.5 Å². The number of amides is 2. The number of ketones is 1. The normalized spacial score (nSPS) is 13.3. The van der Waals surface area contributed by atoms with E-state index in [1.165, 1.54) is 28.9 Å². The number of likely N-dealkylation sites (N-methyl/N-ethyl adjacent to an activating group) is 1. The number of aryl methyl sites for hydroxylation is 2. The lowest BCUT2D eigenvalue weighted by atomic mass is 9.89. The molecule has 0 saturated carbocycles. The number of benzene rings is 1. The van der Waals surface area contributed by atoms with Crippen molar-refractivity contribution in [3.05, 3.63) is 34.9 Å². The highest BCUT2D eigenvalue weighted by atomic mass is 16.2. The van der Waals surface area contributed by atoms with Gasteiger partial charge in [0.15, 0.2) is 5.78 Å².